The van der Waals surface area contributed by atoms with Gasteiger partial charge >= 0.3 is 0 Å². The second-order valence-corrected chi connectivity index (χ2v) is 7.02. The van der Waals surface area contributed by atoms with Gasteiger partial charge in [-0.3, -0.25) is 0 Å². The number of hydrogen-bond acceptors (Lipinski definition) is 5. The third kappa shape index (κ3) is 2.78. The van der Waals surface area contributed by atoms with Crippen molar-refractivity contribution in [1.29, 1.82) is 0 Å². The van der Waals surface area contributed by atoms with Crippen LogP contribution in [0.5, 0.6) is 0 Å². The van der Waals surface area contributed by atoms with Gasteiger partial charge in [0.2, 0.25) is 5.95 Å². The van der Waals surface area contributed by atoms with Gasteiger partial charge in [-0.25, -0.2) is 13.4 Å². The van der Waals surface area contributed by atoms with Crippen molar-refractivity contribution in [3.8, 4) is 0 Å². The van der Waals surface area contributed by atoms with Gasteiger partial charge in [-0.05, 0) is 18.1 Å². The van der Waals surface area contributed by atoms with Gasteiger partial charge in [-0.1, -0.05) is 13.0 Å². The Morgan fingerprint density at radius 3 is 2.75 bits per heavy atom. The Morgan fingerprint density at radius 1 is 1.45 bits per heavy atom. The first kappa shape index (κ1) is 14.8. The van der Waals surface area contributed by atoms with Crippen LogP contribution < -0.4 is 5.73 Å². The number of aromatic nitrogens is 2. The number of hydrogen-bond donors (Lipinski definition) is 1. The second kappa shape index (κ2) is 5.41. The molecule has 2 rings (SSSR count). The Hall–Kier alpha value is -1.60. The minimum atomic E-state index is -3.33. The number of sulfone groups is 1. The van der Waals surface area contributed by atoms with E-state index in [0.29, 0.717) is 24.6 Å². The van der Waals surface area contributed by atoms with Gasteiger partial charge in [-0.15, -0.1) is 0 Å². The number of rotatable bonds is 5. The number of methoxy groups -OCH3 is 1. The molecule has 0 spiro atoms. The predicted octanol–water partition coefficient (Wildman–Crippen LogP) is 1.30. The van der Waals surface area contributed by atoms with Crippen molar-refractivity contribution < 1.29 is 13.2 Å². The molecule has 20 heavy (non-hydrogen) atoms. The van der Waals surface area contributed by atoms with Gasteiger partial charge in [0, 0.05) is 19.9 Å². The van der Waals surface area contributed by atoms with Crippen LogP contribution in [0, 0.1) is 5.92 Å². The average Bonchev–Trinajstić information content (AvgIpc) is 2.65. The van der Waals surface area contributed by atoms with E-state index in [1.54, 1.807) is 19.2 Å². The molecule has 0 fully saturated rings. The molecule has 1 atom stereocenters. The zero-order valence-electron chi connectivity index (χ0n) is 11.8. The van der Waals surface area contributed by atoms with Crippen LogP contribution in [-0.4, -0.2) is 37.9 Å². The van der Waals surface area contributed by atoms with Gasteiger partial charge in [-0.2, -0.15) is 0 Å². The normalized spacial score (nSPS) is 13.8. The first-order chi connectivity index (χ1) is 9.34. The summed E-state index contributed by atoms with van der Waals surface area (Å²) in [6.45, 7) is 3.27. The lowest BCUT2D eigenvalue weighted by Crippen LogP contribution is -2.14. The predicted molar refractivity (Wildman–Crippen MR) is 78.3 cm³/mol. The topological polar surface area (TPSA) is 87.2 Å². The number of imidazole rings is 1. The second-order valence-electron chi connectivity index (χ2n) is 5.04. The van der Waals surface area contributed by atoms with Crippen molar-refractivity contribution in [3.05, 3.63) is 18.2 Å². The van der Waals surface area contributed by atoms with Crippen molar-refractivity contribution in [1.82, 2.24) is 9.55 Å². The van der Waals surface area contributed by atoms with Gasteiger partial charge in [0.05, 0.1) is 17.0 Å². The Bertz CT molecular complexity index is 722. The molecule has 0 bridgehead atoms. The number of ether oxygens (including phenoxy) is 1. The number of para-hydroxylation sites is 1. The standard InChI is InChI=1S/C13H19N3O3S/c1-9(8-19-2)7-16-10-5-4-6-11(20(3,17)18)12(10)15-13(16)14/h4-6,9H,7-8H2,1-3H3,(H2,14,15). The minimum absolute atomic E-state index is 0.208. The zero-order valence-corrected chi connectivity index (χ0v) is 12.6. The molecular formula is C13H19N3O3S. The van der Waals surface area contributed by atoms with Gasteiger partial charge in [0.1, 0.15) is 5.52 Å². The van der Waals surface area contributed by atoms with E-state index in [1.807, 2.05) is 17.6 Å². The van der Waals surface area contributed by atoms with E-state index in [4.69, 9.17) is 10.5 Å². The van der Waals surface area contributed by atoms with Crippen molar-refractivity contribution in [2.75, 3.05) is 25.7 Å². The lowest BCUT2D eigenvalue weighted by molar-refractivity contribution is 0.152. The highest BCUT2D eigenvalue weighted by Crippen LogP contribution is 2.25. The van der Waals surface area contributed by atoms with E-state index in [9.17, 15) is 8.42 Å². The summed E-state index contributed by atoms with van der Waals surface area (Å²) < 4.78 is 30.5. The summed E-state index contributed by atoms with van der Waals surface area (Å²) in [7, 11) is -1.68. The molecule has 2 aromatic rings. The molecule has 0 radical (unpaired) electrons. The van der Waals surface area contributed by atoms with E-state index in [0.717, 1.165) is 5.52 Å². The first-order valence-corrected chi connectivity index (χ1v) is 8.17. The fraction of sp³-hybridized carbons (Fsp3) is 0.462. The number of nitrogen functional groups attached to an aromatic ring is 1. The summed E-state index contributed by atoms with van der Waals surface area (Å²) in [6, 6.07) is 5.08. The van der Waals surface area contributed by atoms with E-state index >= 15 is 0 Å². The Labute approximate surface area is 118 Å². The molecular weight excluding hydrogens is 278 g/mol. The van der Waals surface area contributed by atoms with Crippen molar-refractivity contribution >= 4 is 26.8 Å². The largest absolute Gasteiger partial charge is 0.384 e. The van der Waals surface area contributed by atoms with Crippen LogP contribution >= 0.6 is 0 Å². The van der Waals surface area contributed by atoms with Crippen molar-refractivity contribution in [2.45, 2.75) is 18.4 Å². The fourth-order valence-corrected chi connectivity index (χ4v) is 3.11. The summed E-state index contributed by atoms with van der Waals surface area (Å²) in [4.78, 5) is 4.42. The van der Waals surface area contributed by atoms with Crippen LogP contribution in [-0.2, 0) is 21.1 Å². The number of anilines is 1. The minimum Gasteiger partial charge on any atom is -0.384 e. The van der Waals surface area contributed by atoms with E-state index in [-0.39, 0.29) is 10.8 Å². The third-order valence-electron chi connectivity index (χ3n) is 3.12. The molecule has 0 aliphatic heterocycles. The lowest BCUT2D eigenvalue weighted by Gasteiger charge is -2.13. The summed E-state index contributed by atoms with van der Waals surface area (Å²) >= 11 is 0. The van der Waals surface area contributed by atoms with E-state index in [1.165, 1.54) is 6.26 Å². The molecule has 0 saturated heterocycles. The quantitative estimate of drug-likeness (QED) is 0.899. The number of fused-ring (bicyclic) bond motifs is 1. The summed E-state index contributed by atoms with van der Waals surface area (Å²) in [5, 5.41) is 0. The van der Waals surface area contributed by atoms with Crippen LogP contribution in [0.4, 0.5) is 5.95 Å². The maximum Gasteiger partial charge on any atom is 0.201 e. The molecule has 0 aliphatic rings. The summed E-state index contributed by atoms with van der Waals surface area (Å²) in [5.74, 6) is 0.570. The van der Waals surface area contributed by atoms with Gasteiger partial charge < -0.3 is 15.0 Å². The molecule has 0 saturated carbocycles. The van der Waals surface area contributed by atoms with Gasteiger partial charge in [0.25, 0.3) is 0 Å². The number of nitrogens with two attached hydrogens (primary N) is 1. The Balaban J connectivity index is 2.55. The molecule has 1 unspecified atom stereocenters. The van der Waals surface area contributed by atoms with Crippen LogP contribution in [0.3, 0.4) is 0 Å². The highest BCUT2D eigenvalue weighted by molar-refractivity contribution is 7.91. The molecule has 0 amide bonds. The lowest BCUT2D eigenvalue weighted by atomic mass is 10.2. The molecule has 6 nitrogen and oxygen atoms in total. The highest BCUT2D eigenvalue weighted by atomic mass is 32.2. The van der Waals surface area contributed by atoms with Crippen LogP contribution in [0.2, 0.25) is 0 Å². The smallest absolute Gasteiger partial charge is 0.201 e. The fourth-order valence-electron chi connectivity index (χ4n) is 2.28. The molecule has 7 heteroatoms. The Morgan fingerprint density at radius 2 is 2.15 bits per heavy atom. The number of nitrogens with zero attached hydrogens (tertiary/aromatic N) is 2. The van der Waals surface area contributed by atoms with E-state index < -0.39 is 9.84 Å². The summed E-state index contributed by atoms with van der Waals surface area (Å²) in [5.41, 5.74) is 7.08. The monoisotopic (exact) mass is 297 g/mol. The van der Waals surface area contributed by atoms with Crippen molar-refractivity contribution in [3.63, 3.8) is 0 Å². The molecule has 1 aromatic carbocycles. The van der Waals surface area contributed by atoms with Crippen LogP contribution in [0.1, 0.15) is 6.92 Å². The third-order valence-corrected chi connectivity index (χ3v) is 4.24. The highest BCUT2D eigenvalue weighted by Gasteiger charge is 2.18. The molecule has 2 N–H and O–H groups in total. The molecule has 110 valence electrons. The molecule has 0 aliphatic carbocycles. The SMILES string of the molecule is COCC(C)Cn1c(N)nc2c(S(C)(=O)=O)cccc21. The molecule has 1 heterocycles. The van der Waals surface area contributed by atoms with Crippen LogP contribution in [0.15, 0.2) is 23.1 Å². The molecule has 1 aromatic heterocycles. The average molecular weight is 297 g/mol. The van der Waals surface area contributed by atoms with Crippen LogP contribution in [0.25, 0.3) is 11.0 Å². The first-order valence-electron chi connectivity index (χ1n) is 6.28. The zero-order chi connectivity index (χ0) is 14.9. The van der Waals surface area contributed by atoms with Crippen molar-refractivity contribution in [2.24, 2.45) is 5.92 Å². The maximum atomic E-state index is 11.8. The number of benzene rings is 1. The Kier molecular flexibility index (Phi) is 4.01. The summed E-state index contributed by atoms with van der Waals surface area (Å²) in [6.07, 6.45) is 1.17. The van der Waals surface area contributed by atoms with Gasteiger partial charge in [0.15, 0.2) is 9.84 Å². The maximum absolute atomic E-state index is 11.8. The van der Waals surface area contributed by atoms with E-state index in [2.05, 4.69) is 4.98 Å².